The minimum Gasteiger partial charge on any atom is -0.481 e. The van der Waals surface area contributed by atoms with Crippen molar-refractivity contribution in [2.75, 3.05) is 6.54 Å². The van der Waals surface area contributed by atoms with E-state index in [2.05, 4.69) is 44.4 Å². The summed E-state index contributed by atoms with van der Waals surface area (Å²) in [4.78, 5) is 13.4. The molecule has 0 spiro atoms. The molecule has 3 nitrogen and oxygen atoms in total. The van der Waals surface area contributed by atoms with E-state index in [-0.39, 0.29) is 24.4 Å². The Hall–Kier alpha value is -1.61. The van der Waals surface area contributed by atoms with Gasteiger partial charge in [-0.1, -0.05) is 50.3 Å². The first-order valence-corrected chi connectivity index (χ1v) is 7.10. The van der Waals surface area contributed by atoms with Gasteiger partial charge in [0.05, 0.1) is 6.42 Å². The maximum Gasteiger partial charge on any atom is 0.304 e. The summed E-state index contributed by atoms with van der Waals surface area (Å²) in [6.45, 7) is 10.8. The van der Waals surface area contributed by atoms with Crippen LogP contribution in [-0.4, -0.2) is 28.6 Å². The summed E-state index contributed by atoms with van der Waals surface area (Å²) < 4.78 is 0. The molecule has 0 bridgehead atoms. The highest BCUT2D eigenvalue weighted by Gasteiger charge is 2.27. The van der Waals surface area contributed by atoms with Crippen molar-refractivity contribution in [2.24, 2.45) is 5.92 Å². The molecule has 20 heavy (non-hydrogen) atoms. The summed E-state index contributed by atoms with van der Waals surface area (Å²) in [5, 5.41) is 9.15. The van der Waals surface area contributed by atoms with Crippen molar-refractivity contribution in [3.05, 3.63) is 48.6 Å². The number of hydrogen-bond acceptors (Lipinski definition) is 2. The third kappa shape index (κ3) is 4.49. The molecule has 110 valence electrons. The molecule has 0 aliphatic rings. The summed E-state index contributed by atoms with van der Waals surface area (Å²) in [6, 6.07) is 10.4. The zero-order valence-electron chi connectivity index (χ0n) is 12.6. The fourth-order valence-electron chi connectivity index (χ4n) is 2.57. The second-order valence-electron chi connectivity index (χ2n) is 5.48. The molecule has 3 heteroatoms. The Balaban J connectivity index is 3.01. The van der Waals surface area contributed by atoms with E-state index in [1.54, 1.807) is 0 Å². The molecule has 0 radical (unpaired) electrons. The Morgan fingerprint density at radius 2 is 1.90 bits per heavy atom. The molecule has 1 aromatic carbocycles. The quantitative estimate of drug-likeness (QED) is 0.735. The smallest absolute Gasteiger partial charge is 0.304 e. The van der Waals surface area contributed by atoms with E-state index in [4.69, 9.17) is 5.11 Å². The summed E-state index contributed by atoms with van der Waals surface area (Å²) in [7, 11) is 0. The largest absolute Gasteiger partial charge is 0.481 e. The zero-order chi connectivity index (χ0) is 15.1. The molecule has 1 rings (SSSR count). The summed E-state index contributed by atoms with van der Waals surface area (Å²) in [5.41, 5.74) is 1.20. The lowest BCUT2D eigenvalue weighted by Gasteiger charge is -2.37. The van der Waals surface area contributed by atoms with Crippen LogP contribution in [0.2, 0.25) is 0 Å². The standard InChI is InChI=1S/C17H25NO2/c1-5-11-18(16(13(2)3)12-17(19)20)14(4)15-9-7-6-8-10-15/h5-10,13-14,16H,1,11-12H2,2-4H3,(H,19,20). The van der Waals surface area contributed by atoms with Crippen LogP contribution >= 0.6 is 0 Å². The molecule has 0 saturated carbocycles. The maximum absolute atomic E-state index is 11.1. The molecule has 1 N–H and O–H groups in total. The van der Waals surface area contributed by atoms with Gasteiger partial charge in [0, 0.05) is 18.6 Å². The highest BCUT2D eigenvalue weighted by atomic mass is 16.4. The van der Waals surface area contributed by atoms with Gasteiger partial charge in [-0.3, -0.25) is 9.69 Å². The summed E-state index contributed by atoms with van der Waals surface area (Å²) >= 11 is 0. The second-order valence-corrected chi connectivity index (χ2v) is 5.48. The van der Waals surface area contributed by atoms with Crippen LogP contribution in [0.1, 0.15) is 38.8 Å². The van der Waals surface area contributed by atoms with Crippen LogP contribution in [0.5, 0.6) is 0 Å². The van der Waals surface area contributed by atoms with E-state index in [0.29, 0.717) is 6.54 Å². The molecule has 0 saturated heterocycles. The number of aliphatic carboxylic acids is 1. The summed E-state index contributed by atoms with van der Waals surface area (Å²) in [5.74, 6) is -0.477. The Morgan fingerprint density at radius 1 is 1.30 bits per heavy atom. The van der Waals surface area contributed by atoms with Crippen molar-refractivity contribution in [1.82, 2.24) is 4.90 Å². The average Bonchev–Trinajstić information content (AvgIpc) is 2.42. The molecule has 0 fully saturated rings. The minimum atomic E-state index is -0.752. The lowest BCUT2D eigenvalue weighted by molar-refractivity contribution is -0.139. The van der Waals surface area contributed by atoms with Crippen LogP contribution in [0.25, 0.3) is 0 Å². The Kier molecular flexibility index (Phi) is 6.46. The first-order valence-electron chi connectivity index (χ1n) is 7.10. The zero-order valence-corrected chi connectivity index (χ0v) is 12.6. The second kappa shape index (κ2) is 7.85. The van der Waals surface area contributed by atoms with Crippen LogP contribution in [0.4, 0.5) is 0 Å². The number of benzene rings is 1. The van der Waals surface area contributed by atoms with Crippen LogP contribution in [0.3, 0.4) is 0 Å². The van der Waals surface area contributed by atoms with Gasteiger partial charge in [-0.15, -0.1) is 6.58 Å². The first kappa shape index (κ1) is 16.4. The fourth-order valence-corrected chi connectivity index (χ4v) is 2.57. The van der Waals surface area contributed by atoms with Gasteiger partial charge in [-0.25, -0.2) is 0 Å². The Labute approximate surface area is 121 Å². The van der Waals surface area contributed by atoms with E-state index in [0.717, 1.165) is 0 Å². The molecular formula is C17H25NO2. The molecule has 2 unspecified atom stereocenters. The van der Waals surface area contributed by atoms with Gasteiger partial charge in [0.25, 0.3) is 0 Å². The number of nitrogens with zero attached hydrogens (tertiary/aromatic N) is 1. The predicted molar refractivity (Wildman–Crippen MR) is 82.6 cm³/mol. The predicted octanol–water partition coefficient (Wildman–Crippen LogP) is 3.73. The van der Waals surface area contributed by atoms with Crippen LogP contribution < -0.4 is 0 Å². The van der Waals surface area contributed by atoms with Gasteiger partial charge in [0.1, 0.15) is 0 Å². The SMILES string of the molecule is C=CCN(C(C)c1ccccc1)C(CC(=O)O)C(C)C. The number of carboxylic acid groups (broad SMARTS) is 1. The molecule has 0 heterocycles. The Bertz CT molecular complexity index is 428. The van der Waals surface area contributed by atoms with Gasteiger partial charge in [-0.05, 0) is 18.4 Å². The van der Waals surface area contributed by atoms with Gasteiger partial charge in [-0.2, -0.15) is 0 Å². The molecule has 2 atom stereocenters. The van der Waals surface area contributed by atoms with Crippen molar-refractivity contribution in [1.29, 1.82) is 0 Å². The van der Waals surface area contributed by atoms with Crippen LogP contribution in [0.15, 0.2) is 43.0 Å². The average molecular weight is 275 g/mol. The number of carboxylic acids is 1. The number of rotatable bonds is 8. The van der Waals surface area contributed by atoms with Crippen molar-refractivity contribution in [3.63, 3.8) is 0 Å². The van der Waals surface area contributed by atoms with E-state index >= 15 is 0 Å². The first-order chi connectivity index (χ1) is 9.47. The minimum absolute atomic E-state index is 0.000654. The molecule has 0 amide bonds. The lowest BCUT2D eigenvalue weighted by Crippen LogP contribution is -2.42. The third-order valence-electron chi connectivity index (χ3n) is 3.70. The highest BCUT2D eigenvalue weighted by Crippen LogP contribution is 2.27. The Morgan fingerprint density at radius 3 is 2.35 bits per heavy atom. The summed E-state index contributed by atoms with van der Waals surface area (Å²) in [6.07, 6.45) is 2.00. The molecule has 0 aliphatic carbocycles. The maximum atomic E-state index is 11.1. The van der Waals surface area contributed by atoms with Crippen molar-refractivity contribution >= 4 is 5.97 Å². The van der Waals surface area contributed by atoms with E-state index < -0.39 is 5.97 Å². The lowest BCUT2D eigenvalue weighted by atomic mass is 9.95. The molecular weight excluding hydrogens is 250 g/mol. The van der Waals surface area contributed by atoms with Crippen molar-refractivity contribution in [2.45, 2.75) is 39.3 Å². The van der Waals surface area contributed by atoms with Gasteiger partial charge in [0.2, 0.25) is 0 Å². The van der Waals surface area contributed by atoms with Crippen molar-refractivity contribution in [3.8, 4) is 0 Å². The van der Waals surface area contributed by atoms with Crippen LogP contribution in [-0.2, 0) is 4.79 Å². The van der Waals surface area contributed by atoms with E-state index in [9.17, 15) is 4.79 Å². The number of hydrogen-bond donors (Lipinski definition) is 1. The monoisotopic (exact) mass is 275 g/mol. The normalized spacial score (nSPS) is 14.2. The highest BCUT2D eigenvalue weighted by molar-refractivity contribution is 5.67. The number of carbonyl (C=O) groups is 1. The van der Waals surface area contributed by atoms with E-state index in [1.165, 1.54) is 5.56 Å². The van der Waals surface area contributed by atoms with Crippen LogP contribution in [0, 0.1) is 5.92 Å². The fraction of sp³-hybridized carbons (Fsp3) is 0.471. The van der Waals surface area contributed by atoms with E-state index in [1.807, 2.05) is 24.3 Å². The van der Waals surface area contributed by atoms with Gasteiger partial charge >= 0.3 is 5.97 Å². The molecule has 0 aliphatic heterocycles. The third-order valence-corrected chi connectivity index (χ3v) is 3.70. The topological polar surface area (TPSA) is 40.5 Å². The molecule has 0 aromatic heterocycles. The van der Waals surface area contributed by atoms with Gasteiger partial charge < -0.3 is 5.11 Å². The molecule has 1 aromatic rings. The van der Waals surface area contributed by atoms with Crippen molar-refractivity contribution < 1.29 is 9.90 Å². The van der Waals surface area contributed by atoms with Gasteiger partial charge in [0.15, 0.2) is 0 Å².